The number of hydrogen-bond donors (Lipinski definition) is 2. The Morgan fingerprint density at radius 3 is 2.88 bits per heavy atom. The Kier molecular flexibility index (Phi) is 3.16. The van der Waals surface area contributed by atoms with E-state index in [1.54, 1.807) is 11.3 Å². The van der Waals surface area contributed by atoms with Gasteiger partial charge in [0.1, 0.15) is 0 Å². The Labute approximate surface area is 100 Å². The van der Waals surface area contributed by atoms with Gasteiger partial charge in [-0.2, -0.15) is 11.3 Å². The molecule has 0 aliphatic carbocycles. The highest BCUT2D eigenvalue weighted by atomic mass is 32.1. The zero-order valence-electron chi connectivity index (χ0n) is 8.56. The van der Waals surface area contributed by atoms with Crippen LogP contribution in [-0.2, 0) is 6.54 Å². The number of aryl methyl sites for hydroxylation is 1. The maximum absolute atomic E-state index is 11.6. The summed E-state index contributed by atoms with van der Waals surface area (Å²) in [6.45, 7) is 2.52. The number of nitrogens with one attached hydrogen (secondary N) is 1. The molecule has 3 N–H and O–H groups in total. The molecule has 2 heterocycles. The summed E-state index contributed by atoms with van der Waals surface area (Å²) in [6, 6.07) is 0. The summed E-state index contributed by atoms with van der Waals surface area (Å²) in [5.74, 6) is -0.236. The molecule has 0 saturated carbocycles. The topological polar surface area (TPSA) is 80.9 Å². The molecule has 0 saturated heterocycles. The lowest BCUT2D eigenvalue weighted by Crippen LogP contribution is -2.22. The van der Waals surface area contributed by atoms with Crippen molar-refractivity contribution in [2.75, 3.05) is 5.73 Å². The Bertz CT molecular complexity index is 505. The second kappa shape index (κ2) is 4.58. The first kappa shape index (κ1) is 11.0. The van der Waals surface area contributed by atoms with Crippen LogP contribution in [0.2, 0.25) is 0 Å². The van der Waals surface area contributed by atoms with Crippen molar-refractivity contribution in [3.8, 4) is 0 Å². The number of carbonyl (C=O) groups is 1. The molecule has 0 aliphatic heterocycles. The first-order valence-corrected chi connectivity index (χ1v) is 6.31. The molecule has 2 rings (SSSR count). The molecule has 7 heteroatoms. The van der Waals surface area contributed by atoms with E-state index in [0.29, 0.717) is 16.7 Å². The summed E-state index contributed by atoms with van der Waals surface area (Å²) < 4.78 is 0. The van der Waals surface area contributed by atoms with Crippen molar-refractivity contribution in [2.45, 2.75) is 13.5 Å². The van der Waals surface area contributed by atoms with E-state index in [9.17, 15) is 4.79 Å². The molecule has 16 heavy (non-hydrogen) atoms. The Hall–Kier alpha value is -1.47. The summed E-state index contributed by atoms with van der Waals surface area (Å²) in [5, 5.41) is 14.7. The van der Waals surface area contributed by atoms with E-state index in [2.05, 4.69) is 15.5 Å². The van der Waals surface area contributed by atoms with Crippen LogP contribution >= 0.6 is 22.7 Å². The smallest absolute Gasteiger partial charge is 0.282 e. The van der Waals surface area contributed by atoms with E-state index in [-0.39, 0.29) is 5.91 Å². The molecule has 2 aromatic heterocycles. The van der Waals surface area contributed by atoms with E-state index < -0.39 is 0 Å². The quantitative estimate of drug-likeness (QED) is 0.868. The number of anilines is 1. The van der Waals surface area contributed by atoms with Crippen LogP contribution in [0.4, 0.5) is 5.13 Å². The highest BCUT2D eigenvalue weighted by Gasteiger charge is 2.11. The van der Waals surface area contributed by atoms with E-state index in [1.165, 1.54) is 5.56 Å². The van der Waals surface area contributed by atoms with Gasteiger partial charge in [-0.3, -0.25) is 4.79 Å². The van der Waals surface area contributed by atoms with Gasteiger partial charge in [-0.25, -0.2) is 0 Å². The largest absolute Gasteiger partial charge is 0.374 e. The second-order valence-electron chi connectivity index (χ2n) is 3.21. The highest BCUT2D eigenvalue weighted by Crippen LogP contribution is 2.14. The van der Waals surface area contributed by atoms with E-state index in [4.69, 9.17) is 5.73 Å². The SMILES string of the molecule is Cc1cscc1CNC(=O)c1nnc(N)s1. The molecule has 0 aromatic carbocycles. The minimum absolute atomic E-state index is 0.236. The lowest BCUT2D eigenvalue weighted by Gasteiger charge is -2.01. The molecule has 0 spiro atoms. The number of thiophene rings is 1. The van der Waals surface area contributed by atoms with Crippen molar-refractivity contribution in [2.24, 2.45) is 0 Å². The first-order chi connectivity index (χ1) is 7.66. The van der Waals surface area contributed by atoms with Gasteiger partial charge in [0.15, 0.2) is 0 Å². The maximum atomic E-state index is 11.6. The van der Waals surface area contributed by atoms with Crippen molar-refractivity contribution in [3.63, 3.8) is 0 Å². The average Bonchev–Trinajstić information content (AvgIpc) is 2.84. The second-order valence-corrected chi connectivity index (χ2v) is 4.96. The Morgan fingerprint density at radius 2 is 2.31 bits per heavy atom. The molecular formula is C9H10N4OS2. The number of nitrogens with two attached hydrogens (primary N) is 1. The number of nitrogen functional groups attached to an aromatic ring is 1. The fourth-order valence-corrected chi connectivity index (χ4v) is 2.53. The number of amides is 1. The predicted octanol–water partition coefficient (Wildman–Crippen LogP) is 1.42. The van der Waals surface area contributed by atoms with Crippen molar-refractivity contribution < 1.29 is 4.79 Å². The molecule has 0 unspecified atom stereocenters. The van der Waals surface area contributed by atoms with Crippen molar-refractivity contribution in [1.82, 2.24) is 15.5 Å². The summed E-state index contributed by atoms with van der Waals surface area (Å²) in [7, 11) is 0. The molecule has 1 amide bonds. The average molecular weight is 254 g/mol. The molecule has 0 atom stereocenters. The summed E-state index contributed by atoms with van der Waals surface area (Å²) in [4.78, 5) is 11.6. The van der Waals surface area contributed by atoms with E-state index in [0.717, 1.165) is 16.9 Å². The summed E-state index contributed by atoms with van der Waals surface area (Å²) in [5.41, 5.74) is 7.70. The summed E-state index contributed by atoms with van der Waals surface area (Å²) in [6.07, 6.45) is 0. The highest BCUT2D eigenvalue weighted by molar-refractivity contribution is 7.16. The van der Waals surface area contributed by atoms with Crippen LogP contribution in [0.5, 0.6) is 0 Å². The molecule has 0 aliphatic rings. The van der Waals surface area contributed by atoms with Gasteiger partial charge in [0.25, 0.3) is 5.91 Å². The Morgan fingerprint density at radius 1 is 1.50 bits per heavy atom. The standard InChI is InChI=1S/C9H10N4OS2/c1-5-3-15-4-6(5)2-11-7(14)8-12-13-9(10)16-8/h3-4H,2H2,1H3,(H2,10,13)(H,11,14). The lowest BCUT2D eigenvalue weighted by molar-refractivity contribution is 0.0950. The molecule has 0 fully saturated rings. The number of nitrogens with zero attached hydrogens (tertiary/aromatic N) is 2. The number of rotatable bonds is 3. The molecule has 0 radical (unpaired) electrons. The molecule has 0 bridgehead atoms. The molecule has 84 valence electrons. The lowest BCUT2D eigenvalue weighted by atomic mass is 10.2. The minimum Gasteiger partial charge on any atom is -0.374 e. The fourth-order valence-electron chi connectivity index (χ4n) is 1.15. The number of hydrogen-bond acceptors (Lipinski definition) is 6. The third-order valence-electron chi connectivity index (χ3n) is 2.04. The monoisotopic (exact) mass is 254 g/mol. The van der Waals surface area contributed by atoms with Crippen LogP contribution in [0.15, 0.2) is 10.8 Å². The van der Waals surface area contributed by atoms with Crippen LogP contribution in [0.3, 0.4) is 0 Å². The van der Waals surface area contributed by atoms with Gasteiger partial charge in [0.05, 0.1) is 0 Å². The minimum atomic E-state index is -0.236. The third kappa shape index (κ3) is 2.37. The van der Waals surface area contributed by atoms with Gasteiger partial charge < -0.3 is 11.1 Å². The third-order valence-corrected chi connectivity index (χ3v) is 3.70. The van der Waals surface area contributed by atoms with Crippen molar-refractivity contribution in [3.05, 3.63) is 26.9 Å². The normalized spacial score (nSPS) is 10.3. The van der Waals surface area contributed by atoms with Crippen LogP contribution in [-0.4, -0.2) is 16.1 Å². The molecule has 2 aromatic rings. The van der Waals surface area contributed by atoms with Crippen LogP contribution in [0, 0.1) is 6.92 Å². The van der Waals surface area contributed by atoms with Crippen LogP contribution < -0.4 is 11.1 Å². The maximum Gasteiger partial charge on any atom is 0.282 e. The van der Waals surface area contributed by atoms with Gasteiger partial charge in [0.2, 0.25) is 10.1 Å². The van der Waals surface area contributed by atoms with E-state index in [1.807, 2.05) is 17.7 Å². The van der Waals surface area contributed by atoms with Gasteiger partial charge in [0, 0.05) is 6.54 Å². The fraction of sp³-hybridized carbons (Fsp3) is 0.222. The zero-order chi connectivity index (χ0) is 11.5. The first-order valence-electron chi connectivity index (χ1n) is 4.55. The van der Waals surface area contributed by atoms with Crippen LogP contribution in [0.1, 0.15) is 20.9 Å². The Balaban J connectivity index is 1.96. The number of carbonyl (C=O) groups excluding carboxylic acids is 1. The van der Waals surface area contributed by atoms with Gasteiger partial charge in [-0.15, -0.1) is 10.2 Å². The van der Waals surface area contributed by atoms with E-state index >= 15 is 0 Å². The molecule has 5 nitrogen and oxygen atoms in total. The summed E-state index contributed by atoms with van der Waals surface area (Å²) >= 11 is 2.70. The van der Waals surface area contributed by atoms with Gasteiger partial charge >= 0.3 is 0 Å². The van der Waals surface area contributed by atoms with Crippen LogP contribution in [0.25, 0.3) is 0 Å². The number of aromatic nitrogens is 2. The van der Waals surface area contributed by atoms with Crippen molar-refractivity contribution >= 4 is 33.7 Å². The van der Waals surface area contributed by atoms with Crippen molar-refractivity contribution in [1.29, 1.82) is 0 Å². The van der Waals surface area contributed by atoms with Gasteiger partial charge in [-0.05, 0) is 28.8 Å². The van der Waals surface area contributed by atoms with Gasteiger partial charge in [-0.1, -0.05) is 11.3 Å². The molecular weight excluding hydrogens is 244 g/mol. The predicted molar refractivity (Wildman–Crippen MR) is 64.5 cm³/mol. The zero-order valence-corrected chi connectivity index (χ0v) is 10.2.